The van der Waals surface area contributed by atoms with Gasteiger partial charge in [-0.3, -0.25) is 4.79 Å². The number of benzene rings is 1. The molecule has 2 aliphatic rings. The van der Waals surface area contributed by atoms with Crippen LogP contribution in [0.4, 0.5) is 5.69 Å². The van der Waals surface area contributed by atoms with Crippen molar-refractivity contribution in [2.75, 3.05) is 31.6 Å². The highest BCUT2D eigenvalue weighted by Gasteiger charge is 2.49. The first-order valence-corrected chi connectivity index (χ1v) is 9.56. The van der Waals surface area contributed by atoms with E-state index >= 15 is 0 Å². The molecule has 0 saturated carbocycles. The molecule has 28 heavy (non-hydrogen) atoms. The zero-order chi connectivity index (χ0) is 19.8. The topological polar surface area (TPSA) is 69.5 Å². The number of nitriles is 1. The van der Waals surface area contributed by atoms with E-state index in [1.807, 2.05) is 23.1 Å². The van der Waals surface area contributed by atoms with Gasteiger partial charge in [-0.25, -0.2) is 4.98 Å². The number of likely N-dealkylation sites (tertiary alicyclic amines) is 1. The number of rotatable bonds is 3. The number of hydrogen-bond donors (Lipinski definition) is 0. The quantitative estimate of drug-likeness (QED) is 0.824. The van der Waals surface area contributed by atoms with Crippen LogP contribution in [0, 0.1) is 30.1 Å². The molecule has 0 spiro atoms. The molecule has 0 bridgehead atoms. The van der Waals surface area contributed by atoms with E-state index in [0.29, 0.717) is 23.3 Å². The van der Waals surface area contributed by atoms with E-state index in [1.54, 1.807) is 13.1 Å². The van der Waals surface area contributed by atoms with Crippen LogP contribution in [0.5, 0.6) is 5.88 Å². The third-order valence-electron chi connectivity index (χ3n) is 6.12. The lowest BCUT2D eigenvalue weighted by molar-refractivity contribution is -0.130. The Labute approximate surface area is 165 Å². The predicted octanol–water partition coefficient (Wildman–Crippen LogP) is 2.93. The number of pyridine rings is 1. The summed E-state index contributed by atoms with van der Waals surface area (Å²) >= 11 is 0. The van der Waals surface area contributed by atoms with Crippen LogP contribution in [0.3, 0.4) is 0 Å². The molecule has 4 rings (SSSR count). The Hall–Kier alpha value is -3.07. The van der Waals surface area contributed by atoms with Gasteiger partial charge in [-0.2, -0.15) is 5.26 Å². The Morgan fingerprint density at radius 2 is 2.04 bits per heavy atom. The molecule has 144 valence electrons. The summed E-state index contributed by atoms with van der Waals surface area (Å²) in [6, 6.07) is 12.5. The van der Waals surface area contributed by atoms with Crippen molar-refractivity contribution in [1.82, 2.24) is 9.88 Å². The summed E-state index contributed by atoms with van der Waals surface area (Å²) in [5.41, 5.74) is 3.77. The molecular weight excluding hydrogens is 352 g/mol. The number of carbonyl (C=O) groups excluding carboxylic acids is 1. The molecule has 1 amide bonds. The highest BCUT2D eigenvalue weighted by Crippen LogP contribution is 2.47. The van der Waals surface area contributed by atoms with Gasteiger partial charge in [-0.15, -0.1) is 0 Å². The maximum Gasteiger partial charge on any atom is 0.233 e. The molecule has 0 radical (unpaired) electrons. The van der Waals surface area contributed by atoms with E-state index in [1.165, 1.54) is 18.2 Å². The molecule has 6 heteroatoms. The fourth-order valence-corrected chi connectivity index (χ4v) is 4.84. The average Bonchev–Trinajstić information content (AvgIpc) is 3.26. The minimum atomic E-state index is 0.0722. The number of aromatic nitrogens is 1. The van der Waals surface area contributed by atoms with Crippen molar-refractivity contribution in [3.63, 3.8) is 0 Å². The zero-order valence-corrected chi connectivity index (χ0v) is 16.4. The Morgan fingerprint density at radius 1 is 1.25 bits per heavy atom. The van der Waals surface area contributed by atoms with Crippen molar-refractivity contribution < 1.29 is 9.53 Å². The van der Waals surface area contributed by atoms with Crippen LogP contribution in [0.15, 0.2) is 36.5 Å². The first-order valence-electron chi connectivity index (χ1n) is 9.56. The molecule has 1 aromatic carbocycles. The second-order valence-electron chi connectivity index (χ2n) is 7.63. The van der Waals surface area contributed by atoms with Gasteiger partial charge >= 0.3 is 0 Å². The van der Waals surface area contributed by atoms with E-state index in [-0.39, 0.29) is 11.9 Å². The standard InChI is InChI=1S/C22H24N4O2/c1-14-6-4-5-7-17(14)21-19-13-25(11-16(19)12-26(21)15(2)27)20-8-9-24-22(28-3)18(20)10-23/h4-9,16,19,21H,11-13H2,1-3H3/t16-,19-,21+/m1/s1. The minimum absolute atomic E-state index is 0.0722. The Kier molecular flexibility index (Phi) is 4.68. The van der Waals surface area contributed by atoms with Gasteiger partial charge in [0.2, 0.25) is 11.8 Å². The van der Waals surface area contributed by atoms with E-state index in [2.05, 4.69) is 35.0 Å². The lowest BCUT2D eigenvalue weighted by Crippen LogP contribution is -2.34. The van der Waals surface area contributed by atoms with Crippen LogP contribution in [0.1, 0.15) is 29.7 Å². The largest absolute Gasteiger partial charge is 0.480 e. The van der Waals surface area contributed by atoms with Crippen molar-refractivity contribution >= 4 is 11.6 Å². The van der Waals surface area contributed by atoms with Crippen molar-refractivity contribution in [1.29, 1.82) is 5.26 Å². The SMILES string of the molecule is COc1nccc(N2C[C@@H]3CN(C(C)=O)[C@@H](c4ccccc4C)[C@@H]3C2)c1C#N. The summed E-state index contributed by atoms with van der Waals surface area (Å²) in [5.74, 6) is 1.19. The molecule has 0 unspecified atom stereocenters. The van der Waals surface area contributed by atoms with Crippen LogP contribution in [-0.2, 0) is 4.79 Å². The lowest BCUT2D eigenvalue weighted by atomic mass is 9.87. The average molecular weight is 376 g/mol. The number of anilines is 1. The van der Waals surface area contributed by atoms with E-state index in [9.17, 15) is 10.1 Å². The first kappa shape index (κ1) is 18.3. The van der Waals surface area contributed by atoms with Crippen LogP contribution in [0.2, 0.25) is 0 Å². The van der Waals surface area contributed by atoms with Gasteiger partial charge in [0.05, 0.1) is 18.8 Å². The molecule has 2 aliphatic heterocycles. The summed E-state index contributed by atoms with van der Waals surface area (Å²) < 4.78 is 5.27. The van der Waals surface area contributed by atoms with Crippen LogP contribution in [0.25, 0.3) is 0 Å². The number of amides is 1. The summed E-state index contributed by atoms with van der Waals surface area (Å²) in [6.45, 7) is 6.13. The number of methoxy groups -OCH3 is 1. The molecule has 3 heterocycles. The summed E-state index contributed by atoms with van der Waals surface area (Å²) in [4.78, 5) is 20.8. The van der Waals surface area contributed by atoms with Crippen LogP contribution >= 0.6 is 0 Å². The first-order chi connectivity index (χ1) is 13.5. The number of ether oxygens (including phenoxy) is 1. The molecule has 2 aromatic rings. The molecule has 2 fully saturated rings. The van der Waals surface area contributed by atoms with Crippen LogP contribution < -0.4 is 9.64 Å². The molecular formula is C22H24N4O2. The van der Waals surface area contributed by atoms with Gasteiger partial charge in [-0.1, -0.05) is 24.3 Å². The van der Waals surface area contributed by atoms with Gasteiger partial charge in [-0.05, 0) is 24.1 Å². The fraction of sp³-hybridized carbons (Fsp3) is 0.409. The van der Waals surface area contributed by atoms with Gasteiger partial charge in [0.15, 0.2) is 0 Å². The Bertz CT molecular complexity index is 952. The fourth-order valence-electron chi connectivity index (χ4n) is 4.84. The van der Waals surface area contributed by atoms with Crippen molar-refractivity contribution in [2.45, 2.75) is 19.9 Å². The van der Waals surface area contributed by atoms with Crippen molar-refractivity contribution in [3.8, 4) is 11.9 Å². The van der Waals surface area contributed by atoms with Crippen molar-refractivity contribution in [2.24, 2.45) is 11.8 Å². The molecule has 2 saturated heterocycles. The third-order valence-corrected chi connectivity index (χ3v) is 6.12. The van der Waals surface area contributed by atoms with E-state index < -0.39 is 0 Å². The van der Waals surface area contributed by atoms with E-state index in [0.717, 1.165) is 25.3 Å². The molecule has 6 nitrogen and oxygen atoms in total. The minimum Gasteiger partial charge on any atom is -0.480 e. The number of fused-ring (bicyclic) bond motifs is 1. The number of carbonyl (C=O) groups is 1. The number of hydrogen-bond acceptors (Lipinski definition) is 5. The maximum atomic E-state index is 12.4. The van der Waals surface area contributed by atoms with Gasteiger partial charge < -0.3 is 14.5 Å². The number of nitrogens with zero attached hydrogens (tertiary/aromatic N) is 4. The summed E-state index contributed by atoms with van der Waals surface area (Å²) in [6.07, 6.45) is 1.68. The third kappa shape index (κ3) is 2.88. The summed E-state index contributed by atoms with van der Waals surface area (Å²) in [7, 11) is 1.53. The highest BCUT2D eigenvalue weighted by molar-refractivity contribution is 5.75. The Morgan fingerprint density at radius 3 is 2.71 bits per heavy atom. The second kappa shape index (κ2) is 7.16. The molecule has 1 aromatic heterocycles. The highest BCUT2D eigenvalue weighted by atomic mass is 16.5. The monoisotopic (exact) mass is 376 g/mol. The van der Waals surface area contributed by atoms with Gasteiger partial charge in [0.1, 0.15) is 11.6 Å². The van der Waals surface area contributed by atoms with Gasteiger partial charge in [0, 0.05) is 44.6 Å². The zero-order valence-electron chi connectivity index (χ0n) is 16.4. The normalized spacial score (nSPS) is 23.4. The predicted molar refractivity (Wildman–Crippen MR) is 106 cm³/mol. The maximum absolute atomic E-state index is 12.4. The summed E-state index contributed by atoms with van der Waals surface area (Å²) in [5, 5.41) is 9.63. The smallest absolute Gasteiger partial charge is 0.233 e. The Balaban J connectivity index is 1.69. The van der Waals surface area contributed by atoms with Crippen LogP contribution in [-0.4, -0.2) is 42.5 Å². The number of aryl methyl sites for hydroxylation is 1. The van der Waals surface area contributed by atoms with Crippen molar-refractivity contribution in [3.05, 3.63) is 53.2 Å². The van der Waals surface area contributed by atoms with E-state index in [4.69, 9.17) is 4.74 Å². The second-order valence-corrected chi connectivity index (χ2v) is 7.63. The molecule has 3 atom stereocenters. The molecule has 0 N–H and O–H groups in total. The molecule has 0 aliphatic carbocycles. The van der Waals surface area contributed by atoms with Gasteiger partial charge in [0.25, 0.3) is 0 Å². The lowest BCUT2D eigenvalue weighted by Gasteiger charge is -2.31.